The minimum absolute atomic E-state index is 0.262. The first-order chi connectivity index (χ1) is 14.1. The number of nitrogens with zero attached hydrogens (tertiary/aromatic N) is 3. The molecule has 2 aliphatic heterocycles. The summed E-state index contributed by atoms with van der Waals surface area (Å²) in [6.07, 6.45) is 2.31. The molecule has 2 aliphatic rings. The summed E-state index contributed by atoms with van der Waals surface area (Å²) in [6, 6.07) is 9.57. The normalized spacial score (nSPS) is 21.3. The molecular weight excluding hydrogens is 386 g/mol. The molecular formula is C22H36ClN5O. The van der Waals surface area contributed by atoms with Gasteiger partial charge in [0.15, 0.2) is 5.96 Å². The number of aliphatic imine (C=N–C) groups is 1. The second kappa shape index (κ2) is 11.2. The van der Waals surface area contributed by atoms with E-state index in [9.17, 15) is 0 Å². The Labute approximate surface area is 180 Å². The molecule has 1 aromatic rings. The molecule has 2 saturated heterocycles. The van der Waals surface area contributed by atoms with Crippen LogP contribution in [-0.4, -0.2) is 80.8 Å². The molecule has 6 nitrogen and oxygen atoms in total. The number of morpholine rings is 1. The van der Waals surface area contributed by atoms with Crippen LogP contribution in [0.15, 0.2) is 29.3 Å². The molecule has 2 N–H and O–H groups in total. The highest BCUT2D eigenvalue weighted by Gasteiger charge is 2.24. The summed E-state index contributed by atoms with van der Waals surface area (Å²) in [5.74, 6) is 0.889. The third-order valence-electron chi connectivity index (χ3n) is 6.03. The average molecular weight is 422 g/mol. The van der Waals surface area contributed by atoms with Crippen molar-refractivity contribution in [3.05, 3.63) is 34.9 Å². The molecule has 1 unspecified atom stereocenters. The lowest BCUT2D eigenvalue weighted by atomic mass is 10.0. The summed E-state index contributed by atoms with van der Waals surface area (Å²) < 4.78 is 5.55. The van der Waals surface area contributed by atoms with Gasteiger partial charge in [0, 0.05) is 56.9 Å². The molecule has 0 aromatic heterocycles. The van der Waals surface area contributed by atoms with Crippen molar-refractivity contribution in [3.63, 3.8) is 0 Å². The molecule has 0 radical (unpaired) electrons. The van der Waals surface area contributed by atoms with Crippen molar-refractivity contribution in [3.8, 4) is 0 Å². The van der Waals surface area contributed by atoms with E-state index in [2.05, 4.69) is 51.4 Å². The Morgan fingerprint density at radius 1 is 1.10 bits per heavy atom. The number of halogens is 1. The molecule has 7 heteroatoms. The summed E-state index contributed by atoms with van der Waals surface area (Å²) in [5, 5.41) is 7.97. The number of ether oxygens (including phenoxy) is 1. The van der Waals surface area contributed by atoms with Gasteiger partial charge in [0.25, 0.3) is 0 Å². The quantitative estimate of drug-likeness (QED) is 0.546. The van der Waals surface area contributed by atoms with Gasteiger partial charge in [-0.05, 0) is 44.4 Å². The summed E-state index contributed by atoms with van der Waals surface area (Å²) in [7, 11) is 1.85. The smallest absolute Gasteiger partial charge is 0.191 e. The number of hydrogen-bond acceptors (Lipinski definition) is 4. The zero-order chi connectivity index (χ0) is 20.6. The van der Waals surface area contributed by atoms with Crippen molar-refractivity contribution < 1.29 is 4.74 Å². The van der Waals surface area contributed by atoms with E-state index in [1.165, 1.54) is 5.56 Å². The van der Waals surface area contributed by atoms with Crippen LogP contribution in [0.4, 0.5) is 0 Å². The molecule has 2 fully saturated rings. The van der Waals surface area contributed by atoms with Gasteiger partial charge < -0.3 is 20.3 Å². The van der Waals surface area contributed by atoms with Crippen LogP contribution in [-0.2, 0) is 4.74 Å². The van der Waals surface area contributed by atoms with E-state index < -0.39 is 0 Å². The van der Waals surface area contributed by atoms with Gasteiger partial charge in [-0.15, -0.1) is 0 Å². The van der Waals surface area contributed by atoms with Crippen molar-refractivity contribution >= 4 is 17.6 Å². The summed E-state index contributed by atoms with van der Waals surface area (Å²) in [4.78, 5) is 9.50. The number of guanidine groups is 1. The van der Waals surface area contributed by atoms with Crippen LogP contribution in [0.1, 0.15) is 38.3 Å². The second-order valence-electron chi connectivity index (χ2n) is 8.22. The number of rotatable bonds is 6. The van der Waals surface area contributed by atoms with Gasteiger partial charge in [-0.25, -0.2) is 0 Å². The Balaban J connectivity index is 1.57. The fourth-order valence-electron chi connectivity index (χ4n) is 4.17. The van der Waals surface area contributed by atoms with Gasteiger partial charge in [-0.1, -0.05) is 23.7 Å². The van der Waals surface area contributed by atoms with E-state index in [1.807, 2.05) is 19.2 Å². The Kier molecular flexibility index (Phi) is 8.60. The third-order valence-corrected chi connectivity index (χ3v) is 6.28. The lowest BCUT2D eigenvalue weighted by molar-refractivity contribution is 0.0170. The van der Waals surface area contributed by atoms with Gasteiger partial charge >= 0.3 is 0 Å². The van der Waals surface area contributed by atoms with Crippen molar-refractivity contribution in [2.45, 2.75) is 44.8 Å². The highest BCUT2D eigenvalue weighted by atomic mass is 35.5. The Morgan fingerprint density at radius 3 is 2.34 bits per heavy atom. The van der Waals surface area contributed by atoms with Gasteiger partial charge in [0.1, 0.15) is 0 Å². The van der Waals surface area contributed by atoms with E-state index in [4.69, 9.17) is 16.3 Å². The van der Waals surface area contributed by atoms with Crippen LogP contribution in [0.2, 0.25) is 5.02 Å². The van der Waals surface area contributed by atoms with Gasteiger partial charge in [0.2, 0.25) is 0 Å². The number of benzene rings is 1. The summed E-state index contributed by atoms with van der Waals surface area (Å²) in [5.41, 5.74) is 1.27. The lowest BCUT2D eigenvalue weighted by Gasteiger charge is -2.37. The largest absolute Gasteiger partial charge is 0.379 e. The van der Waals surface area contributed by atoms with Gasteiger partial charge in [0.05, 0.1) is 19.3 Å². The molecule has 0 amide bonds. The average Bonchev–Trinajstić information content (AvgIpc) is 2.75. The highest BCUT2D eigenvalue weighted by molar-refractivity contribution is 6.30. The van der Waals surface area contributed by atoms with E-state index in [0.717, 1.165) is 69.8 Å². The Hall–Kier alpha value is -1.34. The van der Waals surface area contributed by atoms with E-state index >= 15 is 0 Å². The van der Waals surface area contributed by atoms with Crippen molar-refractivity contribution in [1.29, 1.82) is 0 Å². The minimum atomic E-state index is 0.262. The highest BCUT2D eigenvalue weighted by Crippen LogP contribution is 2.23. The van der Waals surface area contributed by atoms with E-state index in [-0.39, 0.29) is 6.04 Å². The zero-order valence-corrected chi connectivity index (χ0v) is 18.8. The SMILES string of the molecule is CN=C(NCC(c1ccc(Cl)cc1)N1CCOCC1)NC1CCN(C(C)C)CC1. The molecule has 1 atom stereocenters. The molecule has 162 valence electrons. The fourth-order valence-corrected chi connectivity index (χ4v) is 4.30. The molecule has 0 bridgehead atoms. The van der Waals surface area contributed by atoms with Crippen molar-refractivity contribution in [2.24, 2.45) is 4.99 Å². The maximum atomic E-state index is 6.11. The minimum Gasteiger partial charge on any atom is -0.379 e. The number of likely N-dealkylation sites (tertiary alicyclic amines) is 1. The zero-order valence-electron chi connectivity index (χ0n) is 18.0. The van der Waals surface area contributed by atoms with Crippen LogP contribution in [0.3, 0.4) is 0 Å². The van der Waals surface area contributed by atoms with Crippen LogP contribution in [0.25, 0.3) is 0 Å². The molecule has 1 aromatic carbocycles. The topological polar surface area (TPSA) is 52.1 Å². The lowest BCUT2D eigenvalue weighted by Crippen LogP contribution is -2.51. The number of piperidine rings is 1. The van der Waals surface area contributed by atoms with E-state index in [0.29, 0.717) is 12.1 Å². The van der Waals surface area contributed by atoms with E-state index in [1.54, 1.807) is 0 Å². The first-order valence-electron chi connectivity index (χ1n) is 10.9. The van der Waals surface area contributed by atoms with Crippen LogP contribution >= 0.6 is 11.6 Å². The molecule has 0 spiro atoms. The summed E-state index contributed by atoms with van der Waals surface area (Å²) in [6.45, 7) is 11.1. The predicted molar refractivity (Wildman–Crippen MR) is 121 cm³/mol. The first-order valence-corrected chi connectivity index (χ1v) is 11.2. The van der Waals surface area contributed by atoms with Crippen molar-refractivity contribution in [1.82, 2.24) is 20.4 Å². The van der Waals surface area contributed by atoms with Crippen LogP contribution in [0, 0.1) is 0 Å². The predicted octanol–water partition coefficient (Wildman–Crippen LogP) is 2.75. The number of hydrogen-bond donors (Lipinski definition) is 2. The molecule has 2 heterocycles. The molecule has 0 saturated carbocycles. The molecule has 0 aliphatic carbocycles. The van der Waals surface area contributed by atoms with Crippen LogP contribution < -0.4 is 10.6 Å². The summed E-state index contributed by atoms with van der Waals surface area (Å²) >= 11 is 6.11. The van der Waals surface area contributed by atoms with Crippen LogP contribution in [0.5, 0.6) is 0 Å². The van der Waals surface area contributed by atoms with Gasteiger partial charge in [-0.2, -0.15) is 0 Å². The third kappa shape index (κ3) is 6.57. The standard InChI is InChI=1S/C22H36ClN5O/c1-17(2)27-10-8-20(9-11-27)26-22(24-3)25-16-21(28-12-14-29-15-13-28)18-4-6-19(23)7-5-18/h4-7,17,20-21H,8-16H2,1-3H3,(H2,24,25,26). The Morgan fingerprint density at radius 2 is 1.76 bits per heavy atom. The van der Waals surface area contributed by atoms with Gasteiger partial charge in [-0.3, -0.25) is 9.89 Å². The number of nitrogens with one attached hydrogen (secondary N) is 2. The maximum absolute atomic E-state index is 6.11. The fraction of sp³-hybridized carbons (Fsp3) is 0.682. The molecule has 29 heavy (non-hydrogen) atoms. The Bertz CT molecular complexity index is 637. The monoisotopic (exact) mass is 421 g/mol. The maximum Gasteiger partial charge on any atom is 0.191 e. The second-order valence-corrected chi connectivity index (χ2v) is 8.65. The first kappa shape index (κ1) is 22.3. The molecule has 3 rings (SSSR count). The van der Waals surface area contributed by atoms with Crippen molar-refractivity contribution in [2.75, 3.05) is 53.0 Å².